The molecule has 10 rings (SSSR count). The van der Waals surface area contributed by atoms with Gasteiger partial charge in [0.1, 0.15) is 11.5 Å². The van der Waals surface area contributed by atoms with E-state index in [0.29, 0.717) is 40.1 Å². The van der Waals surface area contributed by atoms with Gasteiger partial charge in [0.15, 0.2) is 0 Å². The molecule has 10 nitrogen and oxygen atoms in total. The third-order valence-electron chi connectivity index (χ3n) is 18.4. The average molecular weight is 1280 g/mol. The summed E-state index contributed by atoms with van der Waals surface area (Å²) in [6.07, 6.45) is 38.9. The Balaban J connectivity index is 0.000000472. The second kappa shape index (κ2) is 33.1. The Bertz CT molecular complexity index is 2210. The molecular weight excluding hydrogens is 1200 g/mol. The third-order valence-corrected chi connectivity index (χ3v) is 18.7. The molecule has 14 atom stereocenters. The van der Waals surface area contributed by atoms with Crippen molar-refractivity contribution in [3.8, 4) is 36.2 Å². The molecule has 0 bridgehead atoms. The van der Waals surface area contributed by atoms with Crippen molar-refractivity contribution in [2.75, 3.05) is 0 Å². The fraction of sp³-hybridized carbons (Fsp3) is 0.621. The second-order valence-electron chi connectivity index (χ2n) is 21.4. The Morgan fingerprint density at radius 1 is 0.625 bits per heavy atom. The number of phenols is 2. The smallest absolute Gasteiger partial charge is 0.508 e. The predicted molar refractivity (Wildman–Crippen MR) is 293 cm³/mol. The Morgan fingerprint density at radius 2 is 1.08 bits per heavy atom. The van der Waals surface area contributed by atoms with Crippen molar-refractivity contribution in [1.82, 2.24) is 0 Å². The van der Waals surface area contributed by atoms with Crippen LogP contribution in [0.1, 0.15) is 165 Å². The van der Waals surface area contributed by atoms with Crippen LogP contribution in [0.25, 0.3) is 0 Å². The predicted octanol–water partition coefficient (Wildman–Crippen LogP) is 13.8. The summed E-state index contributed by atoms with van der Waals surface area (Å²) in [6.45, 7) is 17.4. The average Bonchev–Trinajstić information content (AvgIpc) is 4.13. The molecule has 6 saturated carbocycles. The van der Waals surface area contributed by atoms with Crippen LogP contribution in [0.3, 0.4) is 0 Å². The first-order chi connectivity index (χ1) is 32.5. The SMILES string of the molecule is C#C[C@H]1CCC2C3CCc4cc(O)ccc4C3CC[C@@]21C.C#C[C@H]1CCC[C@H]1C.C=C[C@H]1CCC2C3CCc4cc(O)ccc4C3CC[C@@]21C.C=C[C@H]1CCC[C@H]1C.O=[S-](=O)OO.O=[S-](=O)OO.[Ba+2].[Ba+2].[CH3-].[CH3-]. The maximum atomic E-state index is 9.73. The Hall–Kier alpha value is -0.477. The maximum Gasteiger partial charge on any atom is 2.00 e. The molecule has 8 aliphatic rings. The summed E-state index contributed by atoms with van der Waals surface area (Å²) < 4.78 is 40.9. The van der Waals surface area contributed by atoms with Crippen LogP contribution in [-0.2, 0) is 60.3 Å². The van der Waals surface area contributed by atoms with Gasteiger partial charge < -0.3 is 41.9 Å². The van der Waals surface area contributed by atoms with E-state index in [1.54, 1.807) is 0 Å². The summed E-state index contributed by atoms with van der Waals surface area (Å²) in [5.41, 5.74) is 6.70. The van der Waals surface area contributed by atoms with Crippen LogP contribution in [0, 0.1) is 110 Å². The first kappa shape index (κ1) is 69.5. The molecule has 392 valence electrons. The van der Waals surface area contributed by atoms with Crippen molar-refractivity contribution >= 4 is 120 Å². The molecule has 0 spiro atoms. The molecule has 72 heavy (non-hydrogen) atoms. The summed E-state index contributed by atoms with van der Waals surface area (Å²) in [7, 11) is -5.53. The van der Waals surface area contributed by atoms with E-state index < -0.39 is 22.0 Å². The first-order valence-corrected chi connectivity index (χ1v) is 27.1. The van der Waals surface area contributed by atoms with Gasteiger partial charge in [0.2, 0.25) is 0 Å². The zero-order valence-corrected chi connectivity index (χ0v) is 54.8. The minimum Gasteiger partial charge on any atom is -0.508 e. The first-order valence-electron chi connectivity index (χ1n) is 25.1. The quantitative estimate of drug-likeness (QED) is 0.0440. The zero-order chi connectivity index (χ0) is 49.8. The Kier molecular flexibility index (Phi) is 31.9. The number of hydrogen-bond acceptors (Lipinski definition) is 12. The van der Waals surface area contributed by atoms with Gasteiger partial charge in [-0.25, -0.2) is 0 Å². The molecule has 0 aromatic heterocycles. The van der Waals surface area contributed by atoms with Crippen LogP contribution >= 0.6 is 0 Å². The van der Waals surface area contributed by atoms with Crippen LogP contribution in [0.15, 0.2) is 61.7 Å². The van der Waals surface area contributed by atoms with Gasteiger partial charge in [-0.05, 0) is 213 Å². The van der Waals surface area contributed by atoms with Gasteiger partial charge in [-0.2, -0.15) is 0 Å². The van der Waals surface area contributed by atoms with E-state index in [1.165, 1.54) is 125 Å². The summed E-state index contributed by atoms with van der Waals surface area (Å²) in [6, 6.07) is 12.1. The molecule has 2 aromatic rings. The molecule has 0 radical (unpaired) electrons. The molecule has 0 aliphatic heterocycles. The van der Waals surface area contributed by atoms with Crippen molar-refractivity contribution in [3.63, 3.8) is 0 Å². The third kappa shape index (κ3) is 17.3. The molecule has 4 N–H and O–H groups in total. The number of benzene rings is 2. The summed E-state index contributed by atoms with van der Waals surface area (Å²) >= 11 is 0. The molecular formula is C58H84Ba2O10S2. The minimum atomic E-state index is -2.77. The van der Waals surface area contributed by atoms with E-state index in [-0.39, 0.29) is 113 Å². The van der Waals surface area contributed by atoms with E-state index in [2.05, 4.69) is 85.6 Å². The topological polar surface area (TPSA) is 168 Å². The number of fused-ring (bicyclic) bond motifs is 10. The van der Waals surface area contributed by atoms with Crippen LogP contribution in [-0.4, -0.2) is 118 Å². The van der Waals surface area contributed by atoms with Gasteiger partial charge in [-0.3, -0.25) is 19.2 Å². The zero-order valence-electron chi connectivity index (χ0n) is 44.3. The van der Waals surface area contributed by atoms with Crippen LogP contribution in [0.4, 0.5) is 0 Å². The number of phenolic OH excluding ortho intramolecular Hbond substituents is 2. The number of aromatic hydroxyl groups is 2. The number of aryl methyl sites for hydroxylation is 2. The second-order valence-corrected chi connectivity index (χ2v) is 22.6. The molecule has 6 fully saturated rings. The number of terminal acetylenes is 2. The van der Waals surface area contributed by atoms with Crippen molar-refractivity contribution in [1.29, 1.82) is 0 Å². The van der Waals surface area contributed by atoms with Crippen LogP contribution in [0.5, 0.6) is 11.5 Å². The van der Waals surface area contributed by atoms with Crippen LogP contribution in [0.2, 0.25) is 0 Å². The van der Waals surface area contributed by atoms with Gasteiger partial charge in [-0.1, -0.05) is 71.2 Å². The fourth-order valence-corrected chi connectivity index (χ4v) is 14.8. The van der Waals surface area contributed by atoms with E-state index in [0.717, 1.165) is 66.1 Å². The summed E-state index contributed by atoms with van der Waals surface area (Å²) in [5, 5.41) is 33.5. The van der Waals surface area contributed by atoms with E-state index in [4.69, 9.17) is 40.2 Å². The standard InChI is InChI=1S/C20H26O.C20H24O.C8H14.C8H12.2CH3.2Ba.2HO4S/c2*1-3-14-5-9-19-18-7-4-13-12-15(21)6-8-16(13)17(18)10-11-20(14,19)2;2*1-3-8-6-4-5-7(8)2;;;;;2*1-4-5(2)3/h3,6,8,12,14,17-19,21H,1,4-5,7,9-11H2,2H3;1,6,8,12,14,17-19,21H,4-5,7,9-11H2,2H3;3,7-8H,1,4-6H2,2H3;1,7-8H,4-6H2,2H3;2*1H3;;;2*1H/q;;;;2*-1;2*+2;2*-1/t2*14-,17?,18?,19?,20+;2*7-,8+;;;;;;/m0011....../s1. The fourth-order valence-electron chi connectivity index (χ4n) is 14.8. The molecule has 0 amide bonds. The number of rotatable bonds is 4. The van der Waals surface area contributed by atoms with Gasteiger partial charge in [0, 0.05) is 11.8 Å². The molecule has 0 saturated heterocycles. The molecule has 8 aliphatic carbocycles. The Labute approximate surface area is 519 Å². The summed E-state index contributed by atoms with van der Waals surface area (Å²) in [4.78, 5) is 0. The molecule has 14 heteroatoms. The van der Waals surface area contributed by atoms with Crippen molar-refractivity contribution in [2.24, 2.45) is 70.0 Å². The van der Waals surface area contributed by atoms with Crippen LogP contribution < -0.4 is 0 Å². The molecule has 2 aromatic carbocycles. The van der Waals surface area contributed by atoms with Crippen molar-refractivity contribution in [3.05, 3.63) is 98.8 Å². The van der Waals surface area contributed by atoms with E-state index >= 15 is 0 Å². The van der Waals surface area contributed by atoms with Crippen molar-refractivity contribution in [2.45, 2.75) is 155 Å². The Morgan fingerprint density at radius 3 is 1.46 bits per heavy atom. The molecule has 6 unspecified atom stereocenters. The maximum absolute atomic E-state index is 9.73. The largest absolute Gasteiger partial charge is 2.00 e. The molecule has 0 heterocycles. The normalized spacial score (nSPS) is 33.4. The monoisotopic (exact) mass is 1280 g/mol. The van der Waals surface area contributed by atoms with Gasteiger partial charge >= 0.3 is 97.8 Å². The van der Waals surface area contributed by atoms with Gasteiger partial charge in [0.05, 0.1) is 22.0 Å². The number of allylic oxidation sites excluding steroid dienone is 2. The number of hydrogen-bond donors (Lipinski definition) is 4. The minimum absolute atomic E-state index is 0. The van der Waals surface area contributed by atoms with Crippen molar-refractivity contribution < 1.29 is 46.2 Å². The van der Waals surface area contributed by atoms with Gasteiger partial charge in [-0.15, -0.1) is 37.8 Å². The van der Waals surface area contributed by atoms with E-state index in [1.807, 2.05) is 24.3 Å². The van der Waals surface area contributed by atoms with E-state index in [9.17, 15) is 10.2 Å². The van der Waals surface area contributed by atoms with Gasteiger partial charge in [0.25, 0.3) is 0 Å². The summed E-state index contributed by atoms with van der Waals surface area (Å²) in [5.74, 6) is 15.9.